The van der Waals surface area contributed by atoms with E-state index < -0.39 is 10.0 Å². The number of guanidine groups is 1. The van der Waals surface area contributed by atoms with Crippen molar-refractivity contribution in [1.82, 2.24) is 25.2 Å². The van der Waals surface area contributed by atoms with E-state index in [2.05, 4.69) is 30.2 Å². The van der Waals surface area contributed by atoms with E-state index in [1.54, 1.807) is 12.3 Å². The van der Waals surface area contributed by atoms with E-state index >= 15 is 0 Å². The molecule has 146 valence electrons. The fraction of sp³-hybridized carbons (Fsp3) is 0.647. The lowest BCUT2D eigenvalue weighted by molar-refractivity contribution is 0.232. The Morgan fingerprint density at radius 2 is 2.04 bits per heavy atom. The number of rotatable bonds is 9. The molecule has 0 aliphatic carbocycles. The smallest absolute Gasteiger partial charge is 0.242 e. The molecular formula is C17H30N6O2S. The molecular weight excluding hydrogens is 352 g/mol. The summed E-state index contributed by atoms with van der Waals surface area (Å²) in [5.41, 5.74) is 0. The molecule has 26 heavy (non-hydrogen) atoms. The Balaban J connectivity index is 1.73. The largest absolute Gasteiger partial charge is 0.357 e. The minimum absolute atomic E-state index is 0.163. The van der Waals surface area contributed by atoms with Crippen molar-refractivity contribution in [2.75, 3.05) is 45.8 Å². The molecule has 0 atom stereocenters. The first-order chi connectivity index (χ1) is 12.6. The Kier molecular flexibility index (Phi) is 8.79. The lowest BCUT2D eigenvalue weighted by atomic mass is 10.1. The van der Waals surface area contributed by atoms with Gasteiger partial charge in [-0.3, -0.25) is 9.98 Å². The Morgan fingerprint density at radius 3 is 2.73 bits per heavy atom. The van der Waals surface area contributed by atoms with Crippen molar-refractivity contribution >= 4 is 16.0 Å². The van der Waals surface area contributed by atoms with E-state index in [4.69, 9.17) is 0 Å². The van der Waals surface area contributed by atoms with E-state index in [0.29, 0.717) is 12.5 Å². The first kappa shape index (κ1) is 20.6. The van der Waals surface area contributed by atoms with Gasteiger partial charge in [-0.25, -0.2) is 13.1 Å². The highest BCUT2D eigenvalue weighted by Gasteiger charge is 2.13. The summed E-state index contributed by atoms with van der Waals surface area (Å²) in [5, 5.41) is 6.49. The van der Waals surface area contributed by atoms with Gasteiger partial charge in [0.15, 0.2) is 5.96 Å². The molecule has 8 nitrogen and oxygen atoms in total. The fourth-order valence-electron chi connectivity index (χ4n) is 2.79. The standard InChI is InChI=1S/C17H30N6O2S/c1-2-19-17(21-11-14-23-12-4-3-5-13-23)20-9-10-22-26(24,25)16-7-6-8-18-15-16/h6-8,15,22H,2-5,9-14H2,1H3,(H2,19,20,21). The van der Waals surface area contributed by atoms with E-state index in [9.17, 15) is 8.42 Å². The first-order valence-corrected chi connectivity index (χ1v) is 10.7. The van der Waals surface area contributed by atoms with Gasteiger partial charge in [0.05, 0.1) is 6.54 Å². The molecule has 0 bridgehead atoms. The number of aromatic nitrogens is 1. The molecule has 1 saturated heterocycles. The molecule has 0 unspecified atom stereocenters. The minimum atomic E-state index is -3.53. The van der Waals surface area contributed by atoms with Crippen LogP contribution < -0.4 is 15.4 Å². The third-order valence-corrected chi connectivity index (χ3v) is 5.58. The van der Waals surface area contributed by atoms with Crippen LogP contribution in [0, 0.1) is 0 Å². The Labute approximate surface area is 156 Å². The van der Waals surface area contributed by atoms with Crippen LogP contribution in [0.3, 0.4) is 0 Å². The topological polar surface area (TPSA) is 98.7 Å². The Bertz CT molecular complexity index is 644. The SMILES string of the molecule is CCNC(=NCCNS(=O)(=O)c1cccnc1)NCCN1CCCCC1. The molecule has 2 rings (SSSR count). The van der Waals surface area contributed by atoms with Gasteiger partial charge in [-0.05, 0) is 45.0 Å². The summed E-state index contributed by atoms with van der Waals surface area (Å²) in [6.07, 6.45) is 6.78. The molecule has 0 spiro atoms. The minimum Gasteiger partial charge on any atom is -0.357 e. The number of hydrogen-bond donors (Lipinski definition) is 3. The molecule has 9 heteroatoms. The number of aliphatic imine (C=N–C) groups is 1. The van der Waals surface area contributed by atoms with Crippen LogP contribution in [0.15, 0.2) is 34.4 Å². The number of sulfonamides is 1. The van der Waals surface area contributed by atoms with Crippen LogP contribution in [-0.4, -0.2) is 70.1 Å². The Hall–Kier alpha value is -1.71. The maximum absolute atomic E-state index is 12.1. The van der Waals surface area contributed by atoms with Crippen LogP contribution in [0.2, 0.25) is 0 Å². The third-order valence-electron chi connectivity index (χ3n) is 4.13. The number of pyridine rings is 1. The van der Waals surface area contributed by atoms with E-state index in [0.717, 1.165) is 19.6 Å². The Morgan fingerprint density at radius 1 is 1.23 bits per heavy atom. The van der Waals surface area contributed by atoms with Crippen molar-refractivity contribution in [2.45, 2.75) is 31.1 Å². The lowest BCUT2D eigenvalue weighted by Crippen LogP contribution is -2.43. The third kappa shape index (κ3) is 7.27. The van der Waals surface area contributed by atoms with Gasteiger partial charge in [-0.1, -0.05) is 6.42 Å². The van der Waals surface area contributed by atoms with Gasteiger partial charge in [0, 0.05) is 38.6 Å². The van der Waals surface area contributed by atoms with Gasteiger partial charge in [0.1, 0.15) is 4.90 Å². The molecule has 3 N–H and O–H groups in total. The fourth-order valence-corrected chi connectivity index (χ4v) is 3.78. The van der Waals surface area contributed by atoms with Crippen molar-refractivity contribution in [2.24, 2.45) is 4.99 Å². The molecule has 1 aromatic rings. The first-order valence-electron chi connectivity index (χ1n) is 9.26. The predicted octanol–water partition coefficient (Wildman–Crippen LogP) is 0.401. The molecule has 2 heterocycles. The molecule has 0 radical (unpaired) electrons. The number of nitrogens with zero attached hydrogens (tertiary/aromatic N) is 3. The van der Waals surface area contributed by atoms with Crippen LogP contribution in [0.25, 0.3) is 0 Å². The summed E-state index contributed by atoms with van der Waals surface area (Å²) in [5.74, 6) is 0.713. The highest BCUT2D eigenvalue weighted by Crippen LogP contribution is 2.07. The zero-order chi connectivity index (χ0) is 18.7. The van der Waals surface area contributed by atoms with Crippen molar-refractivity contribution < 1.29 is 8.42 Å². The van der Waals surface area contributed by atoms with E-state index in [1.807, 2.05) is 6.92 Å². The van der Waals surface area contributed by atoms with Crippen LogP contribution in [0.4, 0.5) is 0 Å². The molecule has 1 aromatic heterocycles. The summed E-state index contributed by atoms with van der Waals surface area (Å²) in [6.45, 7) is 7.53. The van der Waals surface area contributed by atoms with E-state index in [-0.39, 0.29) is 11.4 Å². The monoisotopic (exact) mass is 382 g/mol. The van der Waals surface area contributed by atoms with Gasteiger partial charge >= 0.3 is 0 Å². The molecule has 0 amide bonds. The highest BCUT2D eigenvalue weighted by molar-refractivity contribution is 7.89. The van der Waals surface area contributed by atoms with Gasteiger partial charge in [-0.2, -0.15) is 0 Å². The van der Waals surface area contributed by atoms with Crippen molar-refractivity contribution in [1.29, 1.82) is 0 Å². The number of nitrogens with one attached hydrogen (secondary N) is 3. The highest BCUT2D eigenvalue weighted by atomic mass is 32.2. The van der Waals surface area contributed by atoms with E-state index in [1.165, 1.54) is 44.6 Å². The summed E-state index contributed by atoms with van der Waals surface area (Å²) in [4.78, 5) is 10.9. The summed E-state index contributed by atoms with van der Waals surface area (Å²) in [7, 11) is -3.53. The van der Waals surface area contributed by atoms with Crippen LogP contribution in [-0.2, 0) is 10.0 Å². The summed E-state index contributed by atoms with van der Waals surface area (Å²) < 4.78 is 26.8. The average Bonchev–Trinajstić information content (AvgIpc) is 2.67. The van der Waals surface area contributed by atoms with Crippen LogP contribution >= 0.6 is 0 Å². The molecule has 0 saturated carbocycles. The van der Waals surface area contributed by atoms with Gasteiger partial charge in [0.25, 0.3) is 0 Å². The van der Waals surface area contributed by atoms with Crippen LogP contribution in [0.1, 0.15) is 26.2 Å². The second-order valence-electron chi connectivity index (χ2n) is 6.18. The zero-order valence-corrected chi connectivity index (χ0v) is 16.3. The number of likely N-dealkylation sites (tertiary alicyclic amines) is 1. The molecule has 1 fully saturated rings. The quantitative estimate of drug-likeness (QED) is 0.325. The molecule has 1 aliphatic rings. The van der Waals surface area contributed by atoms with Gasteiger partial charge in [-0.15, -0.1) is 0 Å². The molecule has 1 aliphatic heterocycles. The maximum Gasteiger partial charge on any atom is 0.242 e. The van der Waals surface area contributed by atoms with Gasteiger partial charge < -0.3 is 15.5 Å². The second-order valence-corrected chi connectivity index (χ2v) is 7.94. The predicted molar refractivity (Wildman–Crippen MR) is 104 cm³/mol. The lowest BCUT2D eigenvalue weighted by Gasteiger charge is -2.26. The maximum atomic E-state index is 12.1. The summed E-state index contributed by atoms with van der Waals surface area (Å²) >= 11 is 0. The second kappa shape index (κ2) is 11.1. The zero-order valence-electron chi connectivity index (χ0n) is 15.4. The van der Waals surface area contributed by atoms with Gasteiger partial charge in [0.2, 0.25) is 10.0 Å². The van der Waals surface area contributed by atoms with Crippen molar-refractivity contribution in [3.8, 4) is 0 Å². The number of piperidine rings is 1. The summed E-state index contributed by atoms with van der Waals surface area (Å²) in [6, 6.07) is 3.12. The normalized spacial score (nSPS) is 16.4. The molecule has 0 aromatic carbocycles. The van der Waals surface area contributed by atoms with Crippen molar-refractivity contribution in [3.05, 3.63) is 24.5 Å². The van der Waals surface area contributed by atoms with Crippen LogP contribution in [0.5, 0.6) is 0 Å². The average molecular weight is 383 g/mol. The van der Waals surface area contributed by atoms with Crippen molar-refractivity contribution in [3.63, 3.8) is 0 Å². The number of hydrogen-bond acceptors (Lipinski definition) is 5.